The zero-order valence-electron chi connectivity index (χ0n) is 16.2. The first-order valence-corrected chi connectivity index (χ1v) is 9.03. The van der Waals surface area contributed by atoms with Gasteiger partial charge in [0.2, 0.25) is 0 Å². The summed E-state index contributed by atoms with van der Waals surface area (Å²) in [7, 11) is 0. The lowest BCUT2D eigenvalue weighted by molar-refractivity contribution is 0.0526. The SMILES string of the molecule is CCOC(=O)c1ccc2nc(C)n(Cc3ccc(C(C)(C)C)cc3)c2c1. The van der Waals surface area contributed by atoms with Gasteiger partial charge in [-0.1, -0.05) is 45.0 Å². The molecule has 0 aliphatic rings. The summed E-state index contributed by atoms with van der Waals surface area (Å²) >= 11 is 0. The maximum atomic E-state index is 12.0. The molecule has 1 heterocycles. The van der Waals surface area contributed by atoms with Crippen LogP contribution >= 0.6 is 0 Å². The topological polar surface area (TPSA) is 44.1 Å². The number of esters is 1. The highest BCUT2D eigenvalue weighted by Gasteiger charge is 2.15. The van der Waals surface area contributed by atoms with Crippen molar-refractivity contribution in [1.82, 2.24) is 9.55 Å². The summed E-state index contributed by atoms with van der Waals surface area (Å²) in [6.45, 7) is 11.5. The smallest absolute Gasteiger partial charge is 0.338 e. The van der Waals surface area contributed by atoms with Gasteiger partial charge in [-0.2, -0.15) is 0 Å². The van der Waals surface area contributed by atoms with E-state index in [2.05, 4.69) is 54.6 Å². The molecule has 0 aliphatic heterocycles. The molecule has 1 aromatic heterocycles. The van der Waals surface area contributed by atoms with Crippen molar-refractivity contribution in [2.75, 3.05) is 6.61 Å². The van der Waals surface area contributed by atoms with Crippen LogP contribution in [0.2, 0.25) is 0 Å². The number of benzene rings is 2. The summed E-state index contributed by atoms with van der Waals surface area (Å²) in [5, 5.41) is 0. The molecule has 0 amide bonds. The van der Waals surface area contributed by atoms with Crippen LogP contribution in [0.5, 0.6) is 0 Å². The van der Waals surface area contributed by atoms with Crippen molar-refractivity contribution >= 4 is 17.0 Å². The average molecular weight is 350 g/mol. The molecule has 0 fully saturated rings. The second-order valence-corrected chi connectivity index (χ2v) is 7.62. The molecule has 4 nitrogen and oxygen atoms in total. The van der Waals surface area contributed by atoms with Crippen molar-refractivity contribution in [2.45, 2.75) is 46.6 Å². The van der Waals surface area contributed by atoms with E-state index < -0.39 is 0 Å². The molecule has 0 spiro atoms. The highest BCUT2D eigenvalue weighted by atomic mass is 16.5. The van der Waals surface area contributed by atoms with Crippen LogP contribution in [-0.4, -0.2) is 22.1 Å². The van der Waals surface area contributed by atoms with E-state index in [1.165, 1.54) is 11.1 Å². The summed E-state index contributed by atoms with van der Waals surface area (Å²) in [5.74, 6) is 0.634. The number of hydrogen-bond donors (Lipinski definition) is 0. The van der Waals surface area contributed by atoms with Crippen LogP contribution in [0.4, 0.5) is 0 Å². The lowest BCUT2D eigenvalue weighted by Crippen LogP contribution is -2.11. The highest BCUT2D eigenvalue weighted by molar-refractivity contribution is 5.93. The summed E-state index contributed by atoms with van der Waals surface area (Å²) < 4.78 is 7.26. The molecular formula is C22H26N2O2. The Hall–Kier alpha value is -2.62. The fraction of sp³-hybridized carbons (Fsp3) is 0.364. The first-order chi connectivity index (χ1) is 12.3. The maximum absolute atomic E-state index is 12.0. The van der Waals surface area contributed by atoms with E-state index >= 15 is 0 Å². The standard InChI is InChI=1S/C22H26N2O2/c1-6-26-21(25)17-9-12-19-20(13-17)24(15(2)23-19)14-16-7-10-18(11-8-16)22(3,4)5/h7-13H,6,14H2,1-5H3. The predicted octanol–water partition coefficient (Wildman–Crippen LogP) is 4.87. The largest absolute Gasteiger partial charge is 0.462 e. The minimum Gasteiger partial charge on any atom is -0.462 e. The molecule has 26 heavy (non-hydrogen) atoms. The molecule has 3 rings (SSSR count). The molecule has 0 bridgehead atoms. The predicted molar refractivity (Wildman–Crippen MR) is 105 cm³/mol. The number of aromatic nitrogens is 2. The van der Waals surface area contributed by atoms with Crippen molar-refractivity contribution in [3.8, 4) is 0 Å². The number of hydrogen-bond acceptors (Lipinski definition) is 3. The van der Waals surface area contributed by atoms with E-state index in [0.29, 0.717) is 12.2 Å². The number of aryl methyl sites for hydroxylation is 1. The number of fused-ring (bicyclic) bond motifs is 1. The Morgan fingerprint density at radius 2 is 1.81 bits per heavy atom. The van der Waals surface area contributed by atoms with Gasteiger partial charge in [0.25, 0.3) is 0 Å². The third kappa shape index (κ3) is 3.64. The summed E-state index contributed by atoms with van der Waals surface area (Å²) in [4.78, 5) is 16.7. The van der Waals surface area contributed by atoms with Gasteiger partial charge in [0.1, 0.15) is 5.82 Å². The van der Waals surface area contributed by atoms with E-state index in [-0.39, 0.29) is 11.4 Å². The van der Waals surface area contributed by atoms with E-state index in [0.717, 1.165) is 23.4 Å². The lowest BCUT2D eigenvalue weighted by Gasteiger charge is -2.19. The van der Waals surface area contributed by atoms with Crippen LogP contribution in [0.3, 0.4) is 0 Å². The maximum Gasteiger partial charge on any atom is 0.338 e. The van der Waals surface area contributed by atoms with Crippen LogP contribution in [0.15, 0.2) is 42.5 Å². The molecule has 0 saturated carbocycles. The second kappa shape index (κ2) is 6.94. The molecule has 4 heteroatoms. The molecule has 0 unspecified atom stereocenters. The Kier molecular flexibility index (Phi) is 4.86. The molecule has 0 radical (unpaired) electrons. The number of imidazole rings is 1. The summed E-state index contributed by atoms with van der Waals surface area (Å²) in [6, 6.07) is 14.2. The van der Waals surface area contributed by atoms with Gasteiger partial charge in [-0.05, 0) is 48.6 Å². The summed E-state index contributed by atoms with van der Waals surface area (Å²) in [5.41, 5.74) is 5.07. The zero-order chi connectivity index (χ0) is 18.9. The van der Waals surface area contributed by atoms with Gasteiger partial charge in [-0.3, -0.25) is 0 Å². The van der Waals surface area contributed by atoms with Crippen LogP contribution in [0, 0.1) is 6.92 Å². The number of nitrogens with zero attached hydrogens (tertiary/aromatic N) is 2. The van der Waals surface area contributed by atoms with Gasteiger partial charge in [-0.25, -0.2) is 9.78 Å². The Balaban J connectivity index is 1.95. The van der Waals surface area contributed by atoms with Crippen molar-refractivity contribution in [2.24, 2.45) is 0 Å². The van der Waals surface area contributed by atoms with Crippen LogP contribution in [-0.2, 0) is 16.7 Å². The monoisotopic (exact) mass is 350 g/mol. The molecule has 0 saturated heterocycles. The number of carbonyl (C=O) groups excluding carboxylic acids is 1. The van der Waals surface area contributed by atoms with Crippen molar-refractivity contribution < 1.29 is 9.53 Å². The molecule has 0 atom stereocenters. The molecule has 0 aliphatic carbocycles. The van der Waals surface area contributed by atoms with Gasteiger partial charge in [0.05, 0.1) is 23.2 Å². The average Bonchev–Trinajstić information content (AvgIpc) is 2.90. The van der Waals surface area contributed by atoms with E-state index in [9.17, 15) is 4.79 Å². The Bertz CT molecular complexity index is 931. The van der Waals surface area contributed by atoms with E-state index in [4.69, 9.17) is 4.74 Å². The van der Waals surface area contributed by atoms with E-state index in [1.807, 2.05) is 26.0 Å². The molecule has 3 aromatic rings. The van der Waals surface area contributed by atoms with Crippen LogP contribution in [0.25, 0.3) is 11.0 Å². The van der Waals surface area contributed by atoms with Gasteiger partial charge in [0.15, 0.2) is 0 Å². The van der Waals surface area contributed by atoms with Crippen LogP contribution < -0.4 is 0 Å². The third-order valence-corrected chi connectivity index (χ3v) is 4.61. The second-order valence-electron chi connectivity index (χ2n) is 7.62. The fourth-order valence-corrected chi connectivity index (χ4v) is 3.08. The highest BCUT2D eigenvalue weighted by Crippen LogP contribution is 2.24. The number of rotatable bonds is 4. The van der Waals surface area contributed by atoms with Crippen molar-refractivity contribution in [3.05, 3.63) is 65.0 Å². The van der Waals surface area contributed by atoms with E-state index in [1.54, 1.807) is 6.07 Å². The van der Waals surface area contributed by atoms with Gasteiger partial charge >= 0.3 is 5.97 Å². The third-order valence-electron chi connectivity index (χ3n) is 4.61. The zero-order valence-corrected chi connectivity index (χ0v) is 16.2. The molecule has 136 valence electrons. The van der Waals surface area contributed by atoms with Crippen LogP contribution in [0.1, 0.15) is 55.0 Å². The minimum atomic E-state index is -0.297. The minimum absolute atomic E-state index is 0.144. The molecular weight excluding hydrogens is 324 g/mol. The Morgan fingerprint density at radius 1 is 1.12 bits per heavy atom. The van der Waals surface area contributed by atoms with Crippen molar-refractivity contribution in [3.63, 3.8) is 0 Å². The van der Waals surface area contributed by atoms with Gasteiger partial charge in [-0.15, -0.1) is 0 Å². The number of carbonyl (C=O) groups is 1. The van der Waals surface area contributed by atoms with Crippen molar-refractivity contribution in [1.29, 1.82) is 0 Å². The Morgan fingerprint density at radius 3 is 2.42 bits per heavy atom. The fourth-order valence-electron chi connectivity index (χ4n) is 3.08. The normalized spacial score (nSPS) is 11.7. The lowest BCUT2D eigenvalue weighted by atomic mass is 9.87. The van der Waals surface area contributed by atoms with Gasteiger partial charge < -0.3 is 9.30 Å². The number of ether oxygens (including phenoxy) is 1. The quantitative estimate of drug-likeness (QED) is 0.631. The molecule has 2 aromatic carbocycles. The summed E-state index contributed by atoms with van der Waals surface area (Å²) in [6.07, 6.45) is 0. The first kappa shape index (κ1) is 18.2. The van der Waals surface area contributed by atoms with Gasteiger partial charge in [0, 0.05) is 6.54 Å². The Labute approximate surface area is 154 Å². The molecule has 0 N–H and O–H groups in total. The first-order valence-electron chi connectivity index (χ1n) is 9.03.